The molecule has 0 aliphatic carbocycles. The number of fused-ring (bicyclic) bond motifs is 1. The van der Waals surface area contributed by atoms with Crippen LogP contribution in [0.1, 0.15) is 194 Å². The molecule has 12 nitrogen and oxygen atoms in total. The molecule has 2 rings (SSSR count). The predicted molar refractivity (Wildman–Crippen MR) is 275 cm³/mol. The number of carbonyl (C=O) groups is 2. The third kappa shape index (κ3) is 29.5. The quantitative estimate of drug-likeness (QED) is 0.0282. The maximum atomic E-state index is 13.3. The second-order valence-corrected chi connectivity index (χ2v) is 21.2. The molecule has 0 aromatic heterocycles. The number of phosphoric ester groups is 1. The second kappa shape index (κ2) is 37.8. The van der Waals surface area contributed by atoms with Gasteiger partial charge in [0.1, 0.15) is 6.61 Å². The number of allylic oxidation sites excluding steroid dienone is 4. The van der Waals surface area contributed by atoms with Crippen LogP contribution in [0.3, 0.4) is 0 Å². The number of ether oxygens (including phenoxy) is 2. The summed E-state index contributed by atoms with van der Waals surface area (Å²) in [7, 11) is -4.99. The predicted octanol–water partition coefficient (Wildman–Crippen LogP) is 13.8. The van der Waals surface area contributed by atoms with Crippen molar-refractivity contribution in [3.05, 3.63) is 60.7 Å². The number of carbonyl (C=O) groups excluding carboxylic acids is 2. The van der Waals surface area contributed by atoms with Gasteiger partial charge in [-0.15, -0.1) is 0 Å². The first-order valence-electron chi connectivity index (χ1n) is 25.9. The number of phosphoric acid groups is 1. The number of unbranched alkanes of at least 4 members (excludes halogenated alkanes) is 22. The molecule has 0 amide bonds. The molecular formula is C53H89N2O10PS. The van der Waals surface area contributed by atoms with Crippen molar-refractivity contribution < 1.29 is 46.0 Å². The van der Waals surface area contributed by atoms with Crippen LogP contribution >= 0.6 is 7.82 Å². The Morgan fingerprint density at radius 3 is 1.61 bits per heavy atom. The third-order valence-corrected chi connectivity index (χ3v) is 14.2. The van der Waals surface area contributed by atoms with Gasteiger partial charge in [0, 0.05) is 49.9 Å². The highest BCUT2D eigenvalue weighted by molar-refractivity contribution is 7.89. The van der Waals surface area contributed by atoms with Gasteiger partial charge in [-0.2, -0.15) is 0 Å². The van der Waals surface area contributed by atoms with Crippen LogP contribution in [-0.2, 0) is 42.7 Å². The van der Waals surface area contributed by atoms with Crippen molar-refractivity contribution in [3.63, 3.8) is 0 Å². The molecule has 2 aromatic rings. The van der Waals surface area contributed by atoms with Crippen LogP contribution < -0.4 is 9.62 Å². The van der Waals surface area contributed by atoms with Crippen LogP contribution in [0.5, 0.6) is 0 Å². The van der Waals surface area contributed by atoms with Crippen LogP contribution in [0.4, 0.5) is 5.69 Å². The highest BCUT2D eigenvalue weighted by Gasteiger charge is 2.27. The summed E-state index contributed by atoms with van der Waals surface area (Å²) in [6.45, 7) is 2.77. The van der Waals surface area contributed by atoms with Crippen LogP contribution in [0.2, 0.25) is 0 Å². The summed E-state index contributed by atoms with van der Waals surface area (Å²) in [5.74, 6) is -0.968. The van der Waals surface area contributed by atoms with Gasteiger partial charge in [-0.25, -0.2) is 17.7 Å². The molecule has 2 aromatic carbocycles. The number of benzene rings is 2. The SMILES string of the molecule is CCCCCCCC/C=C\CCCCCCCC(=O)OC[C@H](COP(=O)(O)OCCNS(=O)(=O)c1cccc2c(N(C)C)cccc12)OC(=O)CCCCCCC/C=C\CCCCCCCC. The van der Waals surface area contributed by atoms with Crippen molar-refractivity contribution in [1.29, 1.82) is 0 Å². The zero-order valence-electron chi connectivity index (χ0n) is 41.9. The smallest absolute Gasteiger partial charge is 0.462 e. The first-order valence-corrected chi connectivity index (χ1v) is 28.8. The fourth-order valence-corrected chi connectivity index (χ4v) is 9.80. The van der Waals surface area contributed by atoms with E-state index in [0.717, 1.165) is 88.1 Å². The topological polar surface area (TPSA) is 158 Å². The fourth-order valence-electron chi connectivity index (χ4n) is 7.82. The van der Waals surface area contributed by atoms with Gasteiger partial charge in [0.05, 0.1) is 18.1 Å². The molecular weight excluding hydrogens is 888 g/mol. The Balaban J connectivity index is 1.79. The normalized spacial score (nSPS) is 13.4. The van der Waals surface area contributed by atoms with E-state index in [1.165, 1.54) is 83.1 Å². The van der Waals surface area contributed by atoms with Crippen LogP contribution in [-0.4, -0.2) is 71.8 Å². The fraction of sp³-hybridized carbons (Fsp3) is 0.698. The average molecular weight is 977 g/mol. The van der Waals surface area contributed by atoms with Crippen molar-refractivity contribution in [1.82, 2.24) is 4.72 Å². The van der Waals surface area contributed by atoms with Gasteiger partial charge in [0.15, 0.2) is 6.10 Å². The number of hydrogen-bond acceptors (Lipinski definition) is 10. The van der Waals surface area contributed by atoms with Gasteiger partial charge >= 0.3 is 19.8 Å². The molecule has 0 heterocycles. The van der Waals surface area contributed by atoms with E-state index < -0.39 is 49.1 Å². The zero-order valence-corrected chi connectivity index (χ0v) is 43.6. The highest BCUT2D eigenvalue weighted by atomic mass is 32.2. The van der Waals surface area contributed by atoms with Crippen molar-refractivity contribution in [2.45, 2.75) is 205 Å². The summed E-state index contributed by atoms with van der Waals surface area (Å²) in [5.41, 5.74) is 0.858. The van der Waals surface area contributed by atoms with E-state index in [2.05, 4.69) is 42.9 Å². The minimum absolute atomic E-state index is 0.0651. The zero-order chi connectivity index (χ0) is 48.9. The highest BCUT2D eigenvalue weighted by Crippen LogP contribution is 2.43. The molecule has 1 unspecified atom stereocenters. The number of sulfonamides is 1. The van der Waals surface area contributed by atoms with E-state index in [1.54, 1.807) is 18.2 Å². The molecule has 2 N–H and O–H groups in total. The molecule has 0 spiro atoms. The van der Waals surface area contributed by atoms with E-state index in [1.807, 2.05) is 31.1 Å². The number of rotatable bonds is 43. The maximum absolute atomic E-state index is 13.3. The van der Waals surface area contributed by atoms with E-state index in [0.29, 0.717) is 18.2 Å². The molecule has 14 heteroatoms. The molecule has 0 bridgehead atoms. The Labute approximate surface area is 406 Å². The molecule has 2 atom stereocenters. The Bertz CT molecular complexity index is 1840. The Hall–Kier alpha value is -3.06. The van der Waals surface area contributed by atoms with E-state index in [4.69, 9.17) is 18.5 Å². The van der Waals surface area contributed by atoms with E-state index >= 15 is 0 Å². The summed E-state index contributed by atoms with van der Waals surface area (Å²) in [5, 5.41) is 1.29. The summed E-state index contributed by atoms with van der Waals surface area (Å²) < 4.78 is 63.2. The average Bonchev–Trinajstić information content (AvgIpc) is 3.30. The van der Waals surface area contributed by atoms with Gasteiger partial charge in [-0.3, -0.25) is 18.6 Å². The van der Waals surface area contributed by atoms with Crippen LogP contribution in [0.25, 0.3) is 10.8 Å². The van der Waals surface area contributed by atoms with E-state index in [9.17, 15) is 27.5 Å². The van der Waals surface area contributed by atoms with Crippen molar-refractivity contribution in [2.24, 2.45) is 0 Å². The number of esters is 2. The van der Waals surface area contributed by atoms with Gasteiger partial charge in [-0.1, -0.05) is 165 Å². The lowest BCUT2D eigenvalue weighted by Gasteiger charge is -2.20. The number of nitrogens with one attached hydrogen (secondary N) is 1. The van der Waals surface area contributed by atoms with Crippen molar-refractivity contribution >= 4 is 46.2 Å². The minimum Gasteiger partial charge on any atom is -0.462 e. The number of anilines is 1. The van der Waals surface area contributed by atoms with Crippen LogP contribution in [0, 0.1) is 0 Å². The van der Waals surface area contributed by atoms with Crippen LogP contribution in [0.15, 0.2) is 65.6 Å². The van der Waals surface area contributed by atoms with Crippen molar-refractivity contribution in [2.75, 3.05) is 45.4 Å². The summed E-state index contributed by atoms with van der Waals surface area (Å²) in [6.07, 6.45) is 38.0. The summed E-state index contributed by atoms with van der Waals surface area (Å²) >= 11 is 0. The molecule has 0 aliphatic heterocycles. The monoisotopic (exact) mass is 977 g/mol. The molecule has 382 valence electrons. The Morgan fingerprint density at radius 1 is 0.627 bits per heavy atom. The van der Waals surface area contributed by atoms with Gasteiger partial charge in [0.25, 0.3) is 0 Å². The summed E-state index contributed by atoms with van der Waals surface area (Å²) in [4.78, 5) is 38.0. The molecule has 0 fully saturated rings. The lowest BCUT2D eigenvalue weighted by Crippen LogP contribution is -2.30. The molecule has 0 aliphatic rings. The minimum atomic E-state index is -4.73. The summed E-state index contributed by atoms with van der Waals surface area (Å²) in [6, 6.07) is 10.4. The van der Waals surface area contributed by atoms with Gasteiger partial charge in [-0.05, 0) is 76.3 Å². The Kier molecular flexibility index (Phi) is 33.9. The second-order valence-electron chi connectivity index (χ2n) is 18.0. The molecule has 0 radical (unpaired) electrons. The molecule has 0 saturated carbocycles. The third-order valence-electron chi connectivity index (χ3n) is 11.7. The first-order chi connectivity index (χ1) is 32.4. The van der Waals surface area contributed by atoms with E-state index in [-0.39, 0.29) is 30.9 Å². The molecule has 0 saturated heterocycles. The number of hydrogen-bond donors (Lipinski definition) is 2. The lowest BCUT2D eigenvalue weighted by molar-refractivity contribution is -0.161. The number of nitrogens with zero attached hydrogens (tertiary/aromatic N) is 1. The van der Waals surface area contributed by atoms with Gasteiger partial charge < -0.3 is 19.3 Å². The first kappa shape index (κ1) is 60.1. The standard InChI is InChI=1S/C53H89N2O10PS/c1-5-7-9-11-13-15-17-19-21-23-25-27-29-31-33-41-52(56)62-45-47(65-53(57)42-34-32-30-28-26-24-22-20-18-16-14-12-10-8-6-2)46-64-66(58,59)63-44-43-54-67(60,61)51-40-36-37-48-49(51)38-35-39-50(48)55(3)4/h19-22,35-40,47,54H,5-18,23-34,41-46H2,1-4H3,(H,58,59)/b21-19-,22-20-/t47-/m1/s1. The largest absolute Gasteiger partial charge is 0.472 e. The van der Waals surface area contributed by atoms with Crippen molar-refractivity contribution in [3.8, 4) is 0 Å². The molecule has 67 heavy (non-hydrogen) atoms. The lowest BCUT2D eigenvalue weighted by atomic mass is 10.1. The van der Waals surface area contributed by atoms with Gasteiger partial charge in [0.2, 0.25) is 10.0 Å². The Morgan fingerprint density at radius 2 is 1.09 bits per heavy atom. The maximum Gasteiger partial charge on any atom is 0.472 e.